The highest BCUT2D eigenvalue weighted by atomic mass is 16.6. The van der Waals surface area contributed by atoms with E-state index in [2.05, 4.69) is 35.1 Å². The lowest BCUT2D eigenvalue weighted by molar-refractivity contribution is -0.385. The number of aromatic amines is 1. The summed E-state index contributed by atoms with van der Waals surface area (Å²) >= 11 is 0. The van der Waals surface area contributed by atoms with Crippen LogP contribution in [-0.4, -0.2) is 68.4 Å². The zero-order valence-corrected chi connectivity index (χ0v) is 17.7. The number of pyridine rings is 2. The van der Waals surface area contributed by atoms with E-state index in [1.54, 1.807) is 40.4 Å². The van der Waals surface area contributed by atoms with Crippen LogP contribution in [-0.2, 0) is 0 Å². The summed E-state index contributed by atoms with van der Waals surface area (Å²) in [5.74, 6) is 1.25. The highest BCUT2D eigenvalue weighted by Gasteiger charge is 2.14. The van der Waals surface area contributed by atoms with Crippen LogP contribution in [0, 0.1) is 10.1 Å². The number of fused-ring (bicyclic) bond motifs is 1. The summed E-state index contributed by atoms with van der Waals surface area (Å²) in [6.07, 6.45) is 14.2. The number of hydrogen-bond donors (Lipinski definition) is 1. The second-order valence-electron chi connectivity index (χ2n) is 6.93. The highest BCUT2D eigenvalue weighted by Crippen LogP contribution is 2.21. The smallest absolute Gasteiger partial charge is 0.294 e. The molecular formula is C20H19N11O2. The molecule has 0 aliphatic carbocycles. The largest absolute Gasteiger partial charge is 0.383 e. The van der Waals surface area contributed by atoms with Crippen molar-refractivity contribution in [2.24, 2.45) is 0 Å². The van der Waals surface area contributed by atoms with Crippen LogP contribution in [0.5, 0.6) is 0 Å². The third kappa shape index (κ3) is 5.04. The molecular weight excluding hydrogens is 426 g/mol. The first kappa shape index (κ1) is 21.3. The van der Waals surface area contributed by atoms with Gasteiger partial charge in [-0.3, -0.25) is 10.1 Å². The van der Waals surface area contributed by atoms with E-state index < -0.39 is 4.92 Å². The van der Waals surface area contributed by atoms with Crippen molar-refractivity contribution in [3.05, 3.63) is 84.0 Å². The molecule has 5 heterocycles. The number of aromatic nitrogens is 9. The van der Waals surface area contributed by atoms with E-state index in [1.807, 2.05) is 32.4 Å². The van der Waals surface area contributed by atoms with Crippen molar-refractivity contribution in [2.45, 2.75) is 0 Å². The average molecular weight is 445 g/mol. The van der Waals surface area contributed by atoms with Gasteiger partial charge in [0.1, 0.15) is 31.5 Å². The number of hydrogen-bond acceptors (Lipinski definition) is 9. The van der Waals surface area contributed by atoms with Crippen molar-refractivity contribution >= 4 is 22.7 Å². The molecule has 0 unspecified atom stereocenters. The third-order valence-corrected chi connectivity index (χ3v) is 4.38. The summed E-state index contributed by atoms with van der Waals surface area (Å²) in [6.45, 7) is 0. The van der Waals surface area contributed by atoms with Crippen molar-refractivity contribution in [3.63, 3.8) is 0 Å². The molecule has 0 spiro atoms. The van der Waals surface area contributed by atoms with E-state index in [0.717, 1.165) is 16.7 Å². The zero-order chi connectivity index (χ0) is 23.2. The number of nitro groups is 1. The second-order valence-corrected chi connectivity index (χ2v) is 6.93. The maximum atomic E-state index is 10.9. The van der Waals surface area contributed by atoms with Gasteiger partial charge in [0.15, 0.2) is 11.6 Å². The van der Waals surface area contributed by atoms with Gasteiger partial charge in [0.2, 0.25) is 0 Å². The summed E-state index contributed by atoms with van der Waals surface area (Å²) in [6, 6.07) is 5.55. The standard InChI is InChI=1S/C11H12N6O2.C9H7N5/c1-15(2)4-3-9-5-11(16-8-12-7-14-16)13-6-10(9)17(18)19;1-2-11-8-4-12-9(3-7(1)8)14-6-10-5-13-14/h3-8H,1-2H3;1-6,11H. The van der Waals surface area contributed by atoms with Crippen molar-refractivity contribution in [1.29, 1.82) is 0 Å². The van der Waals surface area contributed by atoms with E-state index in [9.17, 15) is 10.1 Å². The minimum atomic E-state index is -0.465. The fraction of sp³-hybridized carbons (Fsp3) is 0.100. The van der Waals surface area contributed by atoms with Crippen molar-refractivity contribution in [1.82, 2.24) is 49.4 Å². The lowest BCUT2D eigenvalue weighted by atomic mass is 10.2. The monoisotopic (exact) mass is 445 g/mol. The molecule has 5 aromatic heterocycles. The minimum Gasteiger partial charge on any atom is -0.383 e. The van der Waals surface area contributed by atoms with Gasteiger partial charge in [-0.15, -0.1) is 0 Å². The predicted octanol–water partition coefficient (Wildman–Crippen LogP) is 2.25. The quantitative estimate of drug-likeness (QED) is 0.317. The second kappa shape index (κ2) is 9.47. The summed E-state index contributed by atoms with van der Waals surface area (Å²) < 4.78 is 3.07. The number of nitrogens with zero attached hydrogens (tertiary/aromatic N) is 10. The van der Waals surface area contributed by atoms with Gasteiger partial charge in [-0.2, -0.15) is 10.2 Å². The summed E-state index contributed by atoms with van der Waals surface area (Å²) in [5.41, 5.74) is 1.43. The Labute approximate surface area is 187 Å². The van der Waals surface area contributed by atoms with Crippen LogP contribution >= 0.6 is 0 Å². The molecule has 5 aromatic rings. The Balaban J connectivity index is 0.000000163. The Morgan fingerprint density at radius 3 is 2.30 bits per heavy atom. The summed E-state index contributed by atoms with van der Waals surface area (Å²) in [5, 5.41) is 20.0. The van der Waals surface area contributed by atoms with Crippen LogP contribution in [0.1, 0.15) is 5.56 Å². The topological polar surface area (TPSA) is 149 Å². The molecule has 0 aliphatic rings. The third-order valence-electron chi connectivity index (χ3n) is 4.38. The molecule has 0 saturated heterocycles. The SMILES string of the molecule is CN(C)C=Cc1cc(-n2cncn2)ncc1[N+](=O)[O-].c1ncn(-c2cc3cc[nH]c3cn2)n1. The molecule has 0 fully saturated rings. The fourth-order valence-electron chi connectivity index (χ4n) is 2.81. The predicted molar refractivity (Wildman–Crippen MR) is 120 cm³/mol. The van der Waals surface area contributed by atoms with Crippen LogP contribution in [0.4, 0.5) is 5.69 Å². The molecule has 0 radical (unpaired) electrons. The number of rotatable bonds is 5. The fourth-order valence-corrected chi connectivity index (χ4v) is 2.81. The van der Waals surface area contributed by atoms with Crippen molar-refractivity contribution in [2.75, 3.05) is 14.1 Å². The van der Waals surface area contributed by atoms with E-state index in [-0.39, 0.29) is 5.69 Å². The van der Waals surface area contributed by atoms with Gasteiger partial charge >= 0.3 is 0 Å². The van der Waals surface area contributed by atoms with Crippen LogP contribution < -0.4 is 0 Å². The molecule has 33 heavy (non-hydrogen) atoms. The van der Waals surface area contributed by atoms with Crippen molar-refractivity contribution < 1.29 is 4.92 Å². The molecule has 0 aromatic carbocycles. The van der Waals surface area contributed by atoms with Crippen LogP contribution in [0.15, 0.2) is 68.3 Å². The van der Waals surface area contributed by atoms with Gasteiger partial charge in [-0.05, 0) is 30.5 Å². The molecule has 166 valence electrons. The van der Waals surface area contributed by atoms with Crippen molar-refractivity contribution in [3.8, 4) is 11.6 Å². The van der Waals surface area contributed by atoms with Gasteiger partial charge in [-0.25, -0.2) is 29.3 Å². The average Bonchev–Trinajstić information content (AvgIpc) is 3.59. The highest BCUT2D eigenvalue weighted by molar-refractivity contribution is 5.79. The Hall–Kier alpha value is -4.94. The van der Waals surface area contributed by atoms with Crippen LogP contribution in [0.3, 0.4) is 0 Å². The zero-order valence-electron chi connectivity index (χ0n) is 17.7. The van der Waals surface area contributed by atoms with Gasteiger partial charge in [0.25, 0.3) is 5.69 Å². The minimum absolute atomic E-state index is 0.0537. The number of nitrogens with one attached hydrogen (secondary N) is 1. The van der Waals surface area contributed by atoms with E-state index >= 15 is 0 Å². The molecule has 5 rings (SSSR count). The lowest BCUT2D eigenvalue weighted by Crippen LogP contribution is -2.03. The van der Waals surface area contributed by atoms with Crippen LogP contribution in [0.25, 0.3) is 28.6 Å². The first-order valence-corrected chi connectivity index (χ1v) is 9.63. The van der Waals surface area contributed by atoms with E-state index in [4.69, 9.17) is 0 Å². The molecule has 13 heteroatoms. The normalized spacial score (nSPS) is 10.8. The Bertz CT molecular complexity index is 1370. The van der Waals surface area contributed by atoms with Gasteiger partial charge < -0.3 is 9.88 Å². The molecule has 0 amide bonds. The van der Waals surface area contributed by atoms with Gasteiger partial charge in [0, 0.05) is 25.7 Å². The van der Waals surface area contributed by atoms with Crippen LogP contribution in [0.2, 0.25) is 0 Å². The first-order valence-electron chi connectivity index (χ1n) is 9.63. The maximum Gasteiger partial charge on any atom is 0.294 e. The first-order chi connectivity index (χ1) is 16.0. The van der Waals surface area contributed by atoms with Gasteiger partial charge in [-0.1, -0.05) is 0 Å². The number of H-pyrrole nitrogens is 1. The Kier molecular flexibility index (Phi) is 6.11. The maximum absolute atomic E-state index is 10.9. The molecule has 0 aliphatic heterocycles. The molecule has 1 N–H and O–H groups in total. The Morgan fingerprint density at radius 1 is 1.03 bits per heavy atom. The molecule has 13 nitrogen and oxygen atoms in total. The van der Waals surface area contributed by atoms with Gasteiger partial charge in [0.05, 0.1) is 22.2 Å². The molecule has 0 atom stereocenters. The summed E-state index contributed by atoms with van der Waals surface area (Å²) in [7, 11) is 3.67. The Morgan fingerprint density at radius 2 is 1.70 bits per heavy atom. The molecule has 0 saturated carbocycles. The summed E-state index contributed by atoms with van der Waals surface area (Å²) in [4.78, 5) is 31.3. The lowest BCUT2D eigenvalue weighted by Gasteiger charge is -2.05. The van der Waals surface area contributed by atoms with E-state index in [0.29, 0.717) is 11.4 Å². The molecule has 0 bridgehead atoms. The van der Waals surface area contributed by atoms with E-state index in [1.165, 1.54) is 29.9 Å².